The largest absolute Gasteiger partial charge is 0.393 e. The summed E-state index contributed by atoms with van der Waals surface area (Å²) in [6.45, 7) is 3.99. The zero-order valence-corrected chi connectivity index (χ0v) is 10.6. The molecule has 5 nitrogen and oxygen atoms in total. The molecule has 1 rings (SSSR count). The van der Waals surface area contributed by atoms with Crippen molar-refractivity contribution in [1.29, 1.82) is 0 Å². The van der Waals surface area contributed by atoms with Crippen LogP contribution >= 0.6 is 0 Å². The van der Waals surface area contributed by atoms with E-state index in [2.05, 4.69) is 5.32 Å². The van der Waals surface area contributed by atoms with Gasteiger partial charge in [-0.3, -0.25) is 4.79 Å². The van der Waals surface area contributed by atoms with Crippen LogP contribution < -0.4 is 11.1 Å². The molecule has 0 aromatic heterocycles. The number of aliphatic hydroxyl groups is 1. The number of ether oxygens (including phenoxy) is 1. The summed E-state index contributed by atoms with van der Waals surface area (Å²) in [5.74, 6) is 0.00611. The first-order chi connectivity index (χ1) is 8.14. The van der Waals surface area contributed by atoms with E-state index < -0.39 is 5.41 Å². The molecule has 1 fully saturated rings. The van der Waals surface area contributed by atoms with E-state index >= 15 is 0 Å². The maximum absolute atomic E-state index is 12.1. The van der Waals surface area contributed by atoms with E-state index in [1.54, 1.807) is 0 Å². The average molecular weight is 244 g/mol. The predicted molar refractivity (Wildman–Crippen MR) is 65.5 cm³/mol. The number of hydrogen-bond donors (Lipinski definition) is 3. The number of aliphatic hydroxyl groups excluding tert-OH is 1. The van der Waals surface area contributed by atoms with Crippen LogP contribution in [-0.2, 0) is 9.53 Å². The molecular formula is C12H24N2O3. The summed E-state index contributed by atoms with van der Waals surface area (Å²) in [7, 11) is 0. The molecular weight excluding hydrogens is 220 g/mol. The maximum atomic E-state index is 12.1. The van der Waals surface area contributed by atoms with Gasteiger partial charge in [-0.1, -0.05) is 6.92 Å². The molecule has 1 saturated heterocycles. The van der Waals surface area contributed by atoms with Crippen molar-refractivity contribution in [1.82, 2.24) is 5.32 Å². The third-order valence-electron chi connectivity index (χ3n) is 3.56. The number of amides is 1. The first kappa shape index (κ1) is 14.4. The summed E-state index contributed by atoms with van der Waals surface area (Å²) in [6, 6.07) is 0. The molecule has 0 spiro atoms. The summed E-state index contributed by atoms with van der Waals surface area (Å²) in [6.07, 6.45) is 2.35. The van der Waals surface area contributed by atoms with Gasteiger partial charge in [0.25, 0.3) is 0 Å². The fourth-order valence-electron chi connectivity index (χ4n) is 2.03. The highest BCUT2D eigenvalue weighted by Gasteiger charge is 2.38. The molecule has 1 heterocycles. The SMILES string of the molecule is CCC(O)CCNC(=O)C1(CN)CCOCC1. The molecule has 1 unspecified atom stereocenters. The van der Waals surface area contributed by atoms with Gasteiger partial charge in [0.1, 0.15) is 0 Å². The molecule has 1 aliphatic heterocycles. The summed E-state index contributed by atoms with van der Waals surface area (Å²) in [5, 5.41) is 12.3. The van der Waals surface area contributed by atoms with E-state index in [4.69, 9.17) is 10.5 Å². The zero-order chi connectivity index (χ0) is 12.7. The van der Waals surface area contributed by atoms with Crippen molar-refractivity contribution >= 4 is 5.91 Å². The molecule has 4 N–H and O–H groups in total. The van der Waals surface area contributed by atoms with Crippen LogP contribution in [0, 0.1) is 5.41 Å². The van der Waals surface area contributed by atoms with Crippen molar-refractivity contribution < 1.29 is 14.6 Å². The lowest BCUT2D eigenvalue weighted by Gasteiger charge is -2.34. The molecule has 0 aromatic rings. The lowest BCUT2D eigenvalue weighted by molar-refractivity contribution is -0.135. The minimum atomic E-state index is -0.463. The minimum Gasteiger partial charge on any atom is -0.393 e. The first-order valence-corrected chi connectivity index (χ1v) is 6.39. The highest BCUT2D eigenvalue weighted by atomic mass is 16.5. The Morgan fingerprint density at radius 3 is 2.71 bits per heavy atom. The van der Waals surface area contributed by atoms with Crippen molar-refractivity contribution in [2.75, 3.05) is 26.3 Å². The molecule has 0 radical (unpaired) electrons. The van der Waals surface area contributed by atoms with Crippen LogP contribution in [0.4, 0.5) is 0 Å². The fraction of sp³-hybridized carbons (Fsp3) is 0.917. The quantitative estimate of drug-likeness (QED) is 0.615. The Balaban J connectivity index is 2.38. The van der Waals surface area contributed by atoms with E-state index in [0.29, 0.717) is 52.0 Å². The van der Waals surface area contributed by atoms with Crippen molar-refractivity contribution in [3.05, 3.63) is 0 Å². The van der Waals surface area contributed by atoms with E-state index in [1.165, 1.54) is 0 Å². The molecule has 5 heteroatoms. The highest BCUT2D eigenvalue weighted by molar-refractivity contribution is 5.83. The minimum absolute atomic E-state index is 0.00611. The van der Waals surface area contributed by atoms with Gasteiger partial charge < -0.3 is 20.9 Å². The first-order valence-electron chi connectivity index (χ1n) is 6.39. The topological polar surface area (TPSA) is 84.6 Å². The molecule has 100 valence electrons. The van der Waals surface area contributed by atoms with Crippen LogP contribution in [0.15, 0.2) is 0 Å². The average Bonchev–Trinajstić information content (AvgIpc) is 2.39. The molecule has 1 atom stereocenters. The van der Waals surface area contributed by atoms with Crippen LogP contribution in [-0.4, -0.2) is 43.4 Å². The van der Waals surface area contributed by atoms with E-state index in [9.17, 15) is 9.90 Å². The number of nitrogens with one attached hydrogen (secondary N) is 1. The van der Waals surface area contributed by atoms with Crippen LogP contribution in [0.5, 0.6) is 0 Å². The Kier molecular flexibility index (Phi) is 5.88. The standard InChI is InChI=1S/C12H24N2O3/c1-2-10(15)3-6-14-11(16)12(9-13)4-7-17-8-5-12/h10,15H,2-9,13H2,1H3,(H,14,16). The van der Waals surface area contributed by atoms with Crippen LogP contribution in [0.2, 0.25) is 0 Å². The van der Waals surface area contributed by atoms with Gasteiger partial charge in [0.05, 0.1) is 11.5 Å². The van der Waals surface area contributed by atoms with Gasteiger partial charge in [0, 0.05) is 26.3 Å². The summed E-state index contributed by atoms with van der Waals surface area (Å²) < 4.78 is 5.26. The number of rotatable bonds is 6. The lowest BCUT2D eigenvalue weighted by atomic mass is 9.79. The lowest BCUT2D eigenvalue weighted by Crippen LogP contribution is -2.49. The Morgan fingerprint density at radius 1 is 1.53 bits per heavy atom. The van der Waals surface area contributed by atoms with Gasteiger partial charge in [-0.05, 0) is 25.7 Å². The van der Waals surface area contributed by atoms with Crippen molar-refractivity contribution in [2.24, 2.45) is 11.1 Å². The number of nitrogens with two attached hydrogens (primary N) is 1. The van der Waals surface area contributed by atoms with Gasteiger partial charge in [0.15, 0.2) is 0 Å². The van der Waals surface area contributed by atoms with Gasteiger partial charge >= 0.3 is 0 Å². The molecule has 1 aliphatic rings. The van der Waals surface area contributed by atoms with Crippen LogP contribution in [0.1, 0.15) is 32.6 Å². The third-order valence-corrected chi connectivity index (χ3v) is 3.56. The second kappa shape index (κ2) is 6.93. The van der Waals surface area contributed by atoms with Gasteiger partial charge in [0.2, 0.25) is 5.91 Å². The smallest absolute Gasteiger partial charge is 0.227 e. The zero-order valence-electron chi connectivity index (χ0n) is 10.6. The van der Waals surface area contributed by atoms with Gasteiger partial charge in [-0.2, -0.15) is 0 Å². The Hall–Kier alpha value is -0.650. The van der Waals surface area contributed by atoms with Crippen molar-refractivity contribution in [3.63, 3.8) is 0 Å². The fourth-order valence-corrected chi connectivity index (χ4v) is 2.03. The Bertz CT molecular complexity index is 240. The maximum Gasteiger partial charge on any atom is 0.227 e. The Morgan fingerprint density at radius 2 is 2.18 bits per heavy atom. The summed E-state index contributed by atoms with van der Waals surface area (Å²) in [5.41, 5.74) is 5.27. The second-order valence-electron chi connectivity index (χ2n) is 4.70. The normalized spacial score (nSPS) is 20.9. The second-order valence-corrected chi connectivity index (χ2v) is 4.70. The van der Waals surface area contributed by atoms with E-state index in [-0.39, 0.29) is 12.0 Å². The number of carbonyl (C=O) groups is 1. The molecule has 17 heavy (non-hydrogen) atoms. The number of carbonyl (C=O) groups excluding carboxylic acids is 1. The number of hydrogen-bond acceptors (Lipinski definition) is 4. The predicted octanol–water partition coefficient (Wildman–Crippen LogP) is 0.0191. The molecule has 0 aromatic carbocycles. The van der Waals surface area contributed by atoms with E-state index in [1.807, 2.05) is 6.92 Å². The molecule has 0 aliphatic carbocycles. The van der Waals surface area contributed by atoms with Gasteiger partial charge in [-0.25, -0.2) is 0 Å². The van der Waals surface area contributed by atoms with Gasteiger partial charge in [-0.15, -0.1) is 0 Å². The Labute approximate surface area is 103 Å². The van der Waals surface area contributed by atoms with Crippen molar-refractivity contribution in [2.45, 2.75) is 38.7 Å². The summed E-state index contributed by atoms with van der Waals surface area (Å²) >= 11 is 0. The van der Waals surface area contributed by atoms with Crippen LogP contribution in [0.3, 0.4) is 0 Å². The monoisotopic (exact) mass is 244 g/mol. The molecule has 0 saturated carbocycles. The van der Waals surface area contributed by atoms with Crippen molar-refractivity contribution in [3.8, 4) is 0 Å². The summed E-state index contributed by atoms with van der Waals surface area (Å²) in [4.78, 5) is 12.1. The molecule has 0 bridgehead atoms. The van der Waals surface area contributed by atoms with E-state index in [0.717, 1.165) is 0 Å². The van der Waals surface area contributed by atoms with Crippen LogP contribution in [0.25, 0.3) is 0 Å². The highest BCUT2D eigenvalue weighted by Crippen LogP contribution is 2.29. The molecule has 1 amide bonds. The third kappa shape index (κ3) is 3.94.